The van der Waals surface area contributed by atoms with Crippen molar-refractivity contribution in [3.05, 3.63) is 82.5 Å². The van der Waals surface area contributed by atoms with Gasteiger partial charge in [0.25, 0.3) is 5.91 Å². The number of amidine groups is 1. The van der Waals surface area contributed by atoms with E-state index in [4.69, 9.17) is 13.9 Å². The molecule has 1 saturated heterocycles. The fourth-order valence-corrected chi connectivity index (χ4v) is 4.41. The number of nitrogens with zero attached hydrogens (tertiary/aromatic N) is 2. The van der Waals surface area contributed by atoms with Crippen molar-refractivity contribution in [2.75, 3.05) is 20.3 Å². The van der Waals surface area contributed by atoms with Gasteiger partial charge in [-0.05, 0) is 67.6 Å². The van der Waals surface area contributed by atoms with Crippen LogP contribution in [-0.4, -0.2) is 48.2 Å². The number of amides is 1. The maximum Gasteiger partial charge on any atom is 0.338 e. The summed E-state index contributed by atoms with van der Waals surface area (Å²) in [5, 5.41) is 0.481. The zero-order valence-electron chi connectivity index (χ0n) is 20.7. The van der Waals surface area contributed by atoms with Gasteiger partial charge in [0.15, 0.2) is 5.17 Å². The molecule has 1 aliphatic heterocycles. The molecule has 1 aliphatic rings. The van der Waals surface area contributed by atoms with Crippen molar-refractivity contribution in [2.24, 2.45) is 4.99 Å². The van der Waals surface area contributed by atoms with Gasteiger partial charge in [0, 0.05) is 18.7 Å². The second kappa shape index (κ2) is 11.7. The van der Waals surface area contributed by atoms with Gasteiger partial charge in [-0.2, -0.15) is 0 Å². The van der Waals surface area contributed by atoms with Crippen LogP contribution in [0.3, 0.4) is 0 Å². The predicted octanol–water partition coefficient (Wildman–Crippen LogP) is 5.92. The predicted molar refractivity (Wildman–Crippen MR) is 143 cm³/mol. The number of carbonyl (C=O) groups is 3. The smallest absolute Gasteiger partial charge is 0.338 e. The lowest BCUT2D eigenvalue weighted by Crippen LogP contribution is -2.23. The molecule has 0 bridgehead atoms. The zero-order chi connectivity index (χ0) is 26.4. The molecule has 0 saturated carbocycles. The molecule has 3 aromatic rings. The van der Waals surface area contributed by atoms with Crippen LogP contribution in [0.1, 0.15) is 46.7 Å². The SMILES string of the molecule is CCCOC(=O)c1ccc(-c2ccc(C=C3SC(=Nc4cccc(C(=O)OCC)c4)N(C)C3=O)o2)cc1. The molecule has 2 heterocycles. The standard InChI is InChI=1S/C28H26N2O6S/c1-4-15-35-26(32)19-11-9-18(10-12-19)23-14-13-22(36-23)17-24-25(31)30(3)28(37-24)29-21-8-6-7-20(16-21)27(33)34-5-2/h6-14,16-17H,4-5,15H2,1-3H3. The number of aliphatic imine (C=N–C) groups is 1. The highest BCUT2D eigenvalue weighted by molar-refractivity contribution is 8.18. The van der Waals surface area contributed by atoms with Gasteiger partial charge in [0.2, 0.25) is 0 Å². The fourth-order valence-electron chi connectivity index (χ4n) is 3.44. The summed E-state index contributed by atoms with van der Waals surface area (Å²) < 4.78 is 16.1. The van der Waals surface area contributed by atoms with Crippen molar-refractivity contribution in [2.45, 2.75) is 20.3 Å². The van der Waals surface area contributed by atoms with E-state index in [1.807, 2.05) is 6.92 Å². The first-order chi connectivity index (χ1) is 17.9. The molecular formula is C28H26N2O6S. The number of rotatable bonds is 8. The summed E-state index contributed by atoms with van der Waals surface area (Å²) in [7, 11) is 1.64. The van der Waals surface area contributed by atoms with Gasteiger partial charge in [-0.25, -0.2) is 14.6 Å². The number of hydrogen-bond acceptors (Lipinski definition) is 8. The number of benzene rings is 2. The molecule has 0 atom stereocenters. The first-order valence-corrected chi connectivity index (χ1v) is 12.6. The largest absolute Gasteiger partial charge is 0.462 e. The van der Waals surface area contributed by atoms with E-state index in [0.29, 0.717) is 45.0 Å². The summed E-state index contributed by atoms with van der Waals surface area (Å²) >= 11 is 1.22. The van der Waals surface area contributed by atoms with Gasteiger partial charge in [0.05, 0.1) is 34.9 Å². The molecule has 9 heteroatoms. The highest BCUT2D eigenvalue weighted by Gasteiger charge is 2.30. The molecule has 1 fully saturated rings. The fraction of sp³-hybridized carbons (Fsp3) is 0.214. The monoisotopic (exact) mass is 518 g/mol. The number of hydrogen-bond donors (Lipinski definition) is 0. The average molecular weight is 519 g/mol. The molecule has 0 aliphatic carbocycles. The molecule has 4 rings (SSSR count). The Kier molecular flexibility index (Phi) is 8.25. The van der Waals surface area contributed by atoms with Crippen LogP contribution in [0.15, 0.2) is 75.0 Å². The Morgan fingerprint density at radius 3 is 2.49 bits per heavy atom. The third kappa shape index (κ3) is 6.18. The van der Waals surface area contributed by atoms with Gasteiger partial charge in [0.1, 0.15) is 11.5 Å². The van der Waals surface area contributed by atoms with Crippen LogP contribution in [0, 0.1) is 0 Å². The summed E-state index contributed by atoms with van der Waals surface area (Å²) in [4.78, 5) is 43.3. The molecule has 0 spiro atoms. The first-order valence-electron chi connectivity index (χ1n) is 11.8. The van der Waals surface area contributed by atoms with Crippen LogP contribution in [-0.2, 0) is 14.3 Å². The Labute approximate surface area is 219 Å². The van der Waals surface area contributed by atoms with Gasteiger partial charge < -0.3 is 13.9 Å². The molecule has 1 amide bonds. The third-order valence-electron chi connectivity index (χ3n) is 5.33. The van der Waals surface area contributed by atoms with E-state index in [1.54, 1.807) is 80.7 Å². The van der Waals surface area contributed by atoms with Crippen LogP contribution in [0.4, 0.5) is 5.69 Å². The number of carbonyl (C=O) groups excluding carboxylic acids is 3. The Balaban J connectivity index is 1.49. The Morgan fingerprint density at radius 1 is 1.00 bits per heavy atom. The van der Waals surface area contributed by atoms with Crippen LogP contribution in [0.5, 0.6) is 0 Å². The van der Waals surface area contributed by atoms with Gasteiger partial charge in [-0.15, -0.1) is 0 Å². The van der Waals surface area contributed by atoms with Crippen LogP contribution < -0.4 is 0 Å². The van der Waals surface area contributed by atoms with E-state index < -0.39 is 5.97 Å². The summed E-state index contributed by atoms with van der Waals surface area (Å²) in [5.74, 6) is 0.126. The lowest BCUT2D eigenvalue weighted by molar-refractivity contribution is -0.121. The number of furan rings is 1. The number of thioether (sulfide) groups is 1. The van der Waals surface area contributed by atoms with E-state index in [1.165, 1.54) is 16.7 Å². The molecule has 0 N–H and O–H groups in total. The van der Waals surface area contributed by atoms with Crippen molar-refractivity contribution >= 4 is 46.5 Å². The Hall–Kier alpha value is -4.11. The van der Waals surface area contributed by atoms with Crippen molar-refractivity contribution < 1.29 is 28.3 Å². The first kappa shape index (κ1) is 26.0. The molecule has 0 unspecified atom stereocenters. The molecule has 0 radical (unpaired) electrons. The average Bonchev–Trinajstić information content (AvgIpc) is 3.48. The minimum atomic E-state index is -0.423. The lowest BCUT2D eigenvalue weighted by atomic mass is 10.1. The zero-order valence-corrected chi connectivity index (χ0v) is 21.5. The van der Waals surface area contributed by atoms with Gasteiger partial charge >= 0.3 is 11.9 Å². The highest BCUT2D eigenvalue weighted by Crippen LogP contribution is 2.34. The maximum atomic E-state index is 12.8. The normalized spacial score (nSPS) is 15.4. The maximum absolute atomic E-state index is 12.8. The Morgan fingerprint density at radius 2 is 1.76 bits per heavy atom. The molecular weight excluding hydrogens is 492 g/mol. The molecule has 8 nitrogen and oxygen atoms in total. The second-order valence-electron chi connectivity index (χ2n) is 8.06. The quantitative estimate of drug-likeness (QED) is 0.269. The van der Waals surface area contributed by atoms with Gasteiger partial charge in [-0.3, -0.25) is 9.69 Å². The molecule has 2 aromatic carbocycles. The van der Waals surface area contributed by atoms with Crippen LogP contribution in [0.25, 0.3) is 17.4 Å². The van der Waals surface area contributed by atoms with E-state index in [2.05, 4.69) is 4.99 Å². The number of esters is 2. The number of ether oxygens (including phenoxy) is 2. The lowest BCUT2D eigenvalue weighted by Gasteiger charge is -2.07. The third-order valence-corrected chi connectivity index (χ3v) is 6.39. The van der Waals surface area contributed by atoms with Gasteiger partial charge in [-0.1, -0.05) is 25.1 Å². The van der Waals surface area contributed by atoms with E-state index in [0.717, 1.165) is 12.0 Å². The van der Waals surface area contributed by atoms with Crippen LogP contribution >= 0.6 is 11.8 Å². The topological polar surface area (TPSA) is 98.4 Å². The van der Waals surface area contributed by atoms with E-state index in [9.17, 15) is 14.4 Å². The van der Waals surface area contributed by atoms with E-state index in [-0.39, 0.29) is 18.5 Å². The molecule has 37 heavy (non-hydrogen) atoms. The van der Waals surface area contributed by atoms with Crippen molar-refractivity contribution in [1.82, 2.24) is 4.90 Å². The summed E-state index contributed by atoms with van der Waals surface area (Å²) in [6.45, 7) is 4.35. The van der Waals surface area contributed by atoms with Crippen molar-refractivity contribution in [1.29, 1.82) is 0 Å². The Bertz CT molecular complexity index is 1370. The van der Waals surface area contributed by atoms with E-state index >= 15 is 0 Å². The van der Waals surface area contributed by atoms with Crippen LogP contribution in [0.2, 0.25) is 0 Å². The summed E-state index contributed by atoms with van der Waals surface area (Å²) in [5.41, 5.74) is 2.20. The van der Waals surface area contributed by atoms with Crippen molar-refractivity contribution in [3.8, 4) is 11.3 Å². The van der Waals surface area contributed by atoms with Crippen molar-refractivity contribution in [3.63, 3.8) is 0 Å². The second-order valence-corrected chi connectivity index (χ2v) is 9.06. The highest BCUT2D eigenvalue weighted by atomic mass is 32.2. The molecule has 190 valence electrons. The minimum absolute atomic E-state index is 0.210. The minimum Gasteiger partial charge on any atom is -0.462 e. The number of likely N-dealkylation sites (N-methyl/N-ethyl adjacent to an activating group) is 1. The molecule has 1 aromatic heterocycles. The summed E-state index contributed by atoms with van der Waals surface area (Å²) in [6, 6.07) is 17.3. The summed E-state index contributed by atoms with van der Waals surface area (Å²) in [6.07, 6.45) is 2.43.